The molecule has 0 amide bonds. The first-order chi connectivity index (χ1) is 12.8. The summed E-state index contributed by atoms with van der Waals surface area (Å²) in [6.07, 6.45) is 6.70. The van der Waals surface area contributed by atoms with Crippen molar-refractivity contribution in [2.75, 3.05) is 13.7 Å². The minimum atomic E-state index is 0.527. The smallest absolute Gasteiger partial charge is 0.161 e. The number of rotatable bonds is 10. The molecule has 0 spiro atoms. The van der Waals surface area contributed by atoms with Crippen molar-refractivity contribution in [3.63, 3.8) is 0 Å². The second-order valence-electron chi connectivity index (χ2n) is 6.09. The van der Waals surface area contributed by atoms with Gasteiger partial charge in [0.2, 0.25) is 0 Å². The first-order valence-corrected chi connectivity index (χ1v) is 8.85. The van der Waals surface area contributed by atoms with E-state index in [0.29, 0.717) is 6.61 Å². The van der Waals surface area contributed by atoms with Crippen LogP contribution in [0.3, 0.4) is 0 Å². The average molecular weight is 351 g/mol. The van der Waals surface area contributed by atoms with Crippen LogP contribution >= 0.6 is 0 Å². The van der Waals surface area contributed by atoms with Crippen LogP contribution in [-0.2, 0) is 19.7 Å². The van der Waals surface area contributed by atoms with E-state index >= 15 is 0 Å². The van der Waals surface area contributed by atoms with Crippen molar-refractivity contribution >= 4 is 0 Å². The molecular weight excluding hydrogens is 326 g/mol. The monoisotopic (exact) mass is 351 g/mol. The van der Waals surface area contributed by atoms with Crippen molar-refractivity contribution in [1.29, 1.82) is 0 Å². The molecule has 26 heavy (non-hydrogen) atoms. The molecule has 3 rings (SSSR count). The van der Waals surface area contributed by atoms with E-state index in [1.165, 1.54) is 5.56 Å². The van der Waals surface area contributed by atoms with Gasteiger partial charge in [0.05, 0.1) is 13.4 Å². The molecule has 0 aliphatic carbocycles. The largest absolute Gasteiger partial charge is 0.493 e. The topological polar surface area (TPSA) is 48.3 Å². The highest BCUT2D eigenvalue weighted by Gasteiger charge is 2.06. The fourth-order valence-electron chi connectivity index (χ4n) is 2.72. The number of imidazole rings is 1. The Hall–Kier alpha value is -2.79. The molecule has 0 atom stereocenters. The number of nitrogens with one attached hydrogen (secondary N) is 1. The average Bonchev–Trinajstić information content (AvgIpc) is 3.20. The van der Waals surface area contributed by atoms with Gasteiger partial charge in [-0.25, -0.2) is 4.98 Å². The fourth-order valence-corrected chi connectivity index (χ4v) is 2.72. The van der Waals surface area contributed by atoms with Crippen LogP contribution in [0, 0.1) is 0 Å². The summed E-state index contributed by atoms with van der Waals surface area (Å²) in [5.74, 6) is 1.53. The number of hydrogen-bond acceptors (Lipinski definition) is 4. The van der Waals surface area contributed by atoms with Gasteiger partial charge in [-0.15, -0.1) is 0 Å². The van der Waals surface area contributed by atoms with E-state index in [4.69, 9.17) is 9.47 Å². The molecule has 0 radical (unpaired) electrons. The summed E-state index contributed by atoms with van der Waals surface area (Å²) in [6, 6.07) is 16.2. The van der Waals surface area contributed by atoms with Gasteiger partial charge in [0, 0.05) is 25.5 Å². The van der Waals surface area contributed by atoms with Crippen LogP contribution in [0.5, 0.6) is 11.5 Å². The number of benzene rings is 2. The molecule has 0 aliphatic heterocycles. The second kappa shape index (κ2) is 9.63. The lowest BCUT2D eigenvalue weighted by atomic mass is 10.2. The van der Waals surface area contributed by atoms with Crippen molar-refractivity contribution in [2.24, 2.45) is 0 Å². The zero-order valence-electron chi connectivity index (χ0n) is 15.1. The van der Waals surface area contributed by atoms with E-state index in [1.54, 1.807) is 7.11 Å². The van der Waals surface area contributed by atoms with E-state index in [9.17, 15) is 0 Å². The third kappa shape index (κ3) is 5.36. The first kappa shape index (κ1) is 18.0. The van der Waals surface area contributed by atoms with Crippen LogP contribution in [0.15, 0.2) is 67.3 Å². The van der Waals surface area contributed by atoms with Gasteiger partial charge in [-0.3, -0.25) is 0 Å². The number of methoxy groups -OCH3 is 1. The Morgan fingerprint density at radius 3 is 2.69 bits per heavy atom. The molecular formula is C21H25N3O2. The molecule has 1 N–H and O–H groups in total. The minimum Gasteiger partial charge on any atom is -0.493 e. The normalized spacial score (nSPS) is 10.7. The number of hydrogen-bond donors (Lipinski definition) is 1. The molecule has 0 aliphatic rings. The lowest BCUT2D eigenvalue weighted by molar-refractivity contribution is 0.284. The van der Waals surface area contributed by atoms with E-state index in [2.05, 4.69) is 33.1 Å². The molecule has 0 saturated carbocycles. The maximum Gasteiger partial charge on any atom is 0.161 e. The van der Waals surface area contributed by atoms with Crippen LogP contribution in [0.4, 0.5) is 0 Å². The standard InChI is InChI=1S/C21H25N3O2/c1-25-20-9-8-19(15-22-10-5-12-24-13-11-23-17-24)14-21(20)26-16-18-6-3-2-4-7-18/h2-4,6-9,11,13-14,17,22H,5,10,12,15-16H2,1H3. The Kier molecular flexibility index (Phi) is 6.67. The van der Waals surface area contributed by atoms with E-state index in [-0.39, 0.29) is 0 Å². The molecule has 2 aromatic carbocycles. The molecule has 136 valence electrons. The predicted molar refractivity (Wildman–Crippen MR) is 102 cm³/mol. The number of aromatic nitrogens is 2. The first-order valence-electron chi connectivity index (χ1n) is 8.85. The summed E-state index contributed by atoms with van der Waals surface area (Å²) in [5, 5.41) is 3.47. The fraction of sp³-hybridized carbons (Fsp3) is 0.286. The Labute approximate surface area is 154 Å². The summed E-state index contributed by atoms with van der Waals surface area (Å²) in [7, 11) is 1.67. The molecule has 5 heteroatoms. The molecule has 1 aromatic heterocycles. The van der Waals surface area contributed by atoms with Crippen molar-refractivity contribution < 1.29 is 9.47 Å². The third-order valence-electron chi connectivity index (χ3n) is 4.12. The van der Waals surface area contributed by atoms with Crippen LogP contribution < -0.4 is 14.8 Å². The summed E-state index contributed by atoms with van der Waals surface area (Å²) in [5.41, 5.74) is 2.31. The molecule has 0 bridgehead atoms. The van der Waals surface area contributed by atoms with Crippen LogP contribution in [0.1, 0.15) is 17.5 Å². The maximum absolute atomic E-state index is 5.97. The highest BCUT2D eigenvalue weighted by Crippen LogP contribution is 2.28. The lowest BCUT2D eigenvalue weighted by Gasteiger charge is -2.13. The van der Waals surface area contributed by atoms with Crippen LogP contribution in [-0.4, -0.2) is 23.2 Å². The van der Waals surface area contributed by atoms with Gasteiger partial charge in [-0.2, -0.15) is 0 Å². The summed E-state index contributed by atoms with van der Waals surface area (Å²) >= 11 is 0. The minimum absolute atomic E-state index is 0.527. The van der Waals surface area contributed by atoms with Crippen molar-refractivity contribution in [1.82, 2.24) is 14.9 Å². The lowest BCUT2D eigenvalue weighted by Crippen LogP contribution is -2.16. The van der Waals surface area contributed by atoms with Crippen molar-refractivity contribution in [3.8, 4) is 11.5 Å². The van der Waals surface area contributed by atoms with Gasteiger partial charge >= 0.3 is 0 Å². The maximum atomic E-state index is 5.97. The Bertz CT molecular complexity index is 773. The van der Waals surface area contributed by atoms with Crippen molar-refractivity contribution in [3.05, 3.63) is 78.4 Å². The van der Waals surface area contributed by atoms with Gasteiger partial charge in [0.25, 0.3) is 0 Å². The molecule has 1 heterocycles. The third-order valence-corrected chi connectivity index (χ3v) is 4.12. The van der Waals surface area contributed by atoms with E-state index < -0.39 is 0 Å². The second-order valence-corrected chi connectivity index (χ2v) is 6.09. The Morgan fingerprint density at radius 1 is 1.04 bits per heavy atom. The molecule has 0 unspecified atom stereocenters. The van der Waals surface area contributed by atoms with Gasteiger partial charge in [-0.05, 0) is 36.2 Å². The number of nitrogens with zero attached hydrogens (tertiary/aromatic N) is 2. The number of aryl methyl sites for hydroxylation is 1. The summed E-state index contributed by atoms with van der Waals surface area (Å²) in [6.45, 7) is 3.25. The van der Waals surface area contributed by atoms with Crippen LogP contribution in [0.25, 0.3) is 0 Å². The molecule has 0 fully saturated rings. The van der Waals surface area contributed by atoms with Gasteiger partial charge < -0.3 is 19.4 Å². The SMILES string of the molecule is COc1ccc(CNCCCn2ccnc2)cc1OCc1ccccc1. The zero-order chi connectivity index (χ0) is 18.0. The predicted octanol–water partition coefficient (Wildman–Crippen LogP) is 3.65. The number of ether oxygens (including phenoxy) is 2. The van der Waals surface area contributed by atoms with Gasteiger partial charge in [-0.1, -0.05) is 36.4 Å². The quantitative estimate of drug-likeness (QED) is 0.567. The van der Waals surface area contributed by atoms with Crippen LogP contribution in [0.2, 0.25) is 0 Å². The Balaban J connectivity index is 1.49. The van der Waals surface area contributed by atoms with E-state index in [0.717, 1.165) is 43.1 Å². The molecule has 5 nitrogen and oxygen atoms in total. The molecule has 0 saturated heterocycles. The highest BCUT2D eigenvalue weighted by atomic mass is 16.5. The zero-order valence-corrected chi connectivity index (χ0v) is 15.1. The van der Waals surface area contributed by atoms with E-state index in [1.807, 2.05) is 49.1 Å². The van der Waals surface area contributed by atoms with Gasteiger partial charge in [0.15, 0.2) is 11.5 Å². The summed E-state index contributed by atoms with van der Waals surface area (Å²) < 4.78 is 13.5. The van der Waals surface area contributed by atoms with Crippen molar-refractivity contribution in [2.45, 2.75) is 26.1 Å². The molecule has 3 aromatic rings. The Morgan fingerprint density at radius 2 is 1.92 bits per heavy atom. The summed E-state index contributed by atoms with van der Waals surface area (Å²) in [4.78, 5) is 4.05. The highest BCUT2D eigenvalue weighted by molar-refractivity contribution is 5.43. The van der Waals surface area contributed by atoms with Gasteiger partial charge in [0.1, 0.15) is 6.61 Å².